The van der Waals surface area contributed by atoms with Gasteiger partial charge in [0.25, 0.3) is 0 Å². The van der Waals surface area contributed by atoms with Gasteiger partial charge in [0.15, 0.2) is 0 Å². The van der Waals surface area contributed by atoms with E-state index >= 15 is 0 Å². The molecule has 2 atom stereocenters. The van der Waals surface area contributed by atoms with E-state index in [2.05, 4.69) is 5.32 Å². The molecule has 5 nitrogen and oxygen atoms in total. The highest BCUT2D eigenvalue weighted by Gasteiger charge is 2.33. The lowest BCUT2D eigenvalue weighted by molar-refractivity contribution is -0.123. The molecule has 0 spiro atoms. The van der Waals surface area contributed by atoms with Crippen molar-refractivity contribution < 1.29 is 13.2 Å². The van der Waals surface area contributed by atoms with Crippen LogP contribution in [-0.4, -0.2) is 26.6 Å². The summed E-state index contributed by atoms with van der Waals surface area (Å²) in [5.41, 5.74) is 4.48. The van der Waals surface area contributed by atoms with Crippen molar-refractivity contribution in [1.29, 1.82) is 0 Å². The number of sulfonamides is 1. The Balaban J connectivity index is 2.40. The van der Waals surface area contributed by atoms with Crippen LogP contribution in [0, 0.1) is 20.8 Å². The molecule has 0 aliphatic carbocycles. The lowest BCUT2D eigenvalue weighted by Gasteiger charge is -2.32. The van der Waals surface area contributed by atoms with Crippen LogP contribution in [-0.2, 0) is 14.8 Å². The summed E-state index contributed by atoms with van der Waals surface area (Å²) in [6.45, 7) is 9.63. The van der Waals surface area contributed by atoms with Crippen molar-refractivity contribution in [3.8, 4) is 0 Å². The summed E-state index contributed by atoms with van der Waals surface area (Å²) in [5.74, 6) is -0.286. The van der Waals surface area contributed by atoms with Crippen LogP contribution in [0.1, 0.15) is 55.0 Å². The molecule has 0 aliphatic heterocycles. The summed E-state index contributed by atoms with van der Waals surface area (Å²) in [7, 11) is -3.65. The highest BCUT2D eigenvalue weighted by molar-refractivity contribution is 7.92. The first-order valence-electron chi connectivity index (χ1n) is 10.0. The van der Waals surface area contributed by atoms with Gasteiger partial charge in [-0.05, 0) is 56.4 Å². The molecule has 158 valence electrons. The molecule has 0 aliphatic rings. The first kappa shape index (κ1) is 22.9. The predicted molar refractivity (Wildman–Crippen MR) is 120 cm³/mol. The quantitative estimate of drug-likeness (QED) is 0.692. The highest BCUT2D eigenvalue weighted by Crippen LogP contribution is 2.28. The first-order valence-corrected chi connectivity index (χ1v) is 11.9. The van der Waals surface area contributed by atoms with E-state index in [1.54, 1.807) is 0 Å². The average molecular weight is 417 g/mol. The van der Waals surface area contributed by atoms with Crippen LogP contribution in [0.3, 0.4) is 0 Å². The Hall–Kier alpha value is -2.34. The number of carbonyl (C=O) groups excluding carboxylic acids is 1. The zero-order valence-corrected chi connectivity index (χ0v) is 19.0. The normalized spacial score (nSPS) is 13.6. The Kier molecular flexibility index (Phi) is 7.47. The van der Waals surface area contributed by atoms with Crippen LogP contribution in [0.4, 0.5) is 5.69 Å². The minimum absolute atomic E-state index is 0.169. The SMILES string of the molecule is CC[C@@H](NC(=O)[C@H](CC)N(c1cc(C)ccc1C)S(C)(=O)=O)c1ccc(C)cc1. The predicted octanol–water partition coefficient (Wildman–Crippen LogP) is 4.42. The van der Waals surface area contributed by atoms with E-state index in [-0.39, 0.29) is 11.9 Å². The lowest BCUT2D eigenvalue weighted by atomic mass is 10.0. The van der Waals surface area contributed by atoms with Crippen molar-refractivity contribution in [2.45, 2.75) is 59.5 Å². The van der Waals surface area contributed by atoms with Gasteiger partial charge in [-0.2, -0.15) is 0 Å². The third-order valence-corrected chi connectivity index (χ3v) is 6.30. The van der Waals surface area contributed by atoms with Gasteiger partial charge in [-0.3, -0.25) is 9.10 Å². The van der Waals surface area contributed by atoms with Crippen molar-refractivity contribution in [2.75, 3.05) is 10.6 Å². The molecular formula is C23H32N2O3S. The summed E-state index contributed by atoms with van der Waals surface area (Å²) < 4.78 is 26.7. The number of benzene rings is 2. The Morgan fingerprint density at radius 3 is 2.07 bits per heavy atom. The van der Waals surface area contributed by atoms with Gasteiger partial charge in [-0.1, -0.05) is 55.8 Å². The van der Waals surface area contributed by atoms with Crippen molar-refractivity contribution in [2.24, 2.45) is 0 Å². The summed E-state index contributed by atoms with van der Waals surface area (Å²) >= 11 is 0. The van der Waals surface area contributed by atoms with E-state index in [9.17, 15) is 13.2 Å². The minimum atomic E-state index is -3.65. The van der Waals surface area contributed by atoms with Gasteiger partial charge in [0.1, 0.15) is 6.04 Å². The number of hydrogen-bond acceptors (Lipinski definition) is 3. The molecule has 2 aromatic carbocycles. The molecule has 0 radical (unpaired) electrons. The molecule has 2 rings (SSSR count). The average Bonchev–Trinajstić information content (AvgIpc) is 2.66. The fourth-order valence-corrected chi connectivity index (χ4v) is 4.74. The third-order valence-electron chi connectivity index (χ3n) is 5.14. The molecule has 1 amide bonds. The van der Waals surface area contributed by atoms with Crippen LogP contribution in [0.2, 0.25) is 0 Å². The van der Waals surface area contributed by atoms with Gasteiger partial charge in [-0.25, -0.2) is 8.42 Å². The van der Waals surface area contributed by atoms with Gasteiger partial charge in [0.2, 0.25) is 15.9 Å². The standard InChI is InChI=1S/C23H32N2O3S/c1-7-20(19-13-10-16(3)11-14-19)24-23(26)21(8-2)25(29(6,27)28)22-15-17(4)9-12-18(22)5/h9-15,20-21H,7-8H2,1-6H3,(H,24,26)/t20-,21+/m1/s1. The van der Waals surface area contributed by atoms with Crippen molar-refractivity contribution in [1.82, 2.24) is 5.32 Å². The molecule has 2 aromatic rings. The molecule has 0 heterocycles. The monoisotopic (exact) mass is 416 g/mol. The third kappa shape index (κ3) is 5.60. The minimum Gasteiger partial charge on any atom is -0.347 e. The number of anilines is 1. The number of aryl methyl sites for hydroxylation is 3. The molecule has 1 N–H and O–H groups in total. The first-order chi connectivity index (χ1) is 13.6. The number of rotatable bonds is 8. The second-order valence-corrected chi connectivity index (χ2v) is 9.51. The smallest absolute Gasteiger partial charge is 0.244 e. The Morgan fingerprint density at radius 1 is 0.966 bits per heavy atom. The van der Waals surface area contributed by atoms with E-state index in [1.165, 1.54) is 4.31 Å². The van der Waals surface area contributed by atoms with Crippen molar-refractivity contribution in [3.63, 3.8) is 0 Å². The van der Waals surface area contributed by atoms with Crippen LogP contribution in [0.25, 0.3) is 0 Å². The van der Waals surface area contributed by atoms with E-state index in [0.29, 0.717) is 18.5 Å². The van der Waals surface area contributed by atoms with Gasteiger partial charge >= 0.3 is 0 Å². The van der Waals surface area contributed by atoms with Gasteiger partial charge in [0.05, 0.1) is 18.0 Å². The zero-order valence-electron chi connectivity index (χ0n) is 18.2. The summed E-state index contributed by atoms with van der Waals surface area (Å²) in [6.07, 6.45) is 2.24. The van der Waals surface area contributed by atoms with Gasteiger partial charge in [0, 0.05) is 0 Å². The van der Waals surface area contributed by atoms with Crippen LogP contribution in [0.15, 0.2) is 42.5 Å². The maximum Gasteiger partial charge on any atom is 0.244 e. The molecule has 0 saturated heterocycles. The summed E-state index contributed by atoms with van der Waals surface area (Å²) in [4.78, 5) is 13.2. The Morgan fingerprint density at radius 2 is 1.55 bits per heavy atom. The second-order valence-electron chi connectivity index (χ2n) is 7.65. The van der Waals surface area contributed by atoms with E-state index in [4.69, 9.17) is 0 Å². The topological polar surface area (TPSA) is 66.5 Å². The van der Waals surface area contributed by atoms with Crippen molar-refractivity contribution in [3.05, 3.63) is 64.7 Å². The summed E-state index contributed by atoms with van der Waals surface area (Å²) in [6, 6.07) is 12.7. The fourth-order valence-electron chi connectivity index (χ4n) is 3.48. The number of carbonyl (C=O) groups is 1. The maximum atomic E-state index is 13.2. The number of hydrogen-bond donors (Lipinski definition) is 1. The Bertz CT molecular complexity index is 953. The maximum absolute atomic E-state index is 13.2. The second kappa shape index (κ2) is 9.44. The zero-order chi connectivity index (χ0) is 21.8. The molecule has 0 bridgehead atoms. The molecule has 0 fully saturated rings. The fraction of sp³-hybridized carbons (Fsp3) is 0.435. The molecule has 0 aromatic heterocycles. The van der Waals surface area contributed by atoms with E-state index in [1.807, 2.05) is 77.1 Å². The van der Waals surface area contributed by atoms with Crippen molar-refractivity contribution >= 4 is 21.6 Å². The molecule has 6 heteroatoms. The van der Waals surface area contributed by atoms with Gasteiger partial charge in [-0.15, -0.1) is 0 Å². The number of nitrogens with one attached hydrogen (secondary N) is 1. The number of nitrogens with zero attached hydrogens (tertiary/aromatic N) is 1. The van der Waals surface area contributed by atoms with E-state index in [0.717, 1.165) is 28.5 Å². The van der Waals surface area contributed by atoms with Gasteiger partial charge < -0.3 is 5.32 Å². The largest absolute Gasteiger partial charge is 0.347 e. The Labute approximate surface area is 175 Å². The molecule has 0 saturated carbocycles. The molecule has 29 heavy (non-hydrogen) atoms. The molecule has 0 unspecified atom stereocenters. The van der Waals surface area contributed by atoms with Crippen LogP contribution in [0.5, 0.6) is 0 Å². The van der Waals surface area contributed by atoms with Crippen LogP contribution >= 0.6 is 0 Å². The van der Waals surface area contributed by atoms with Crippen LogP contribution < -0.4 is 9.62 Å². The number of amides is 1. The van der Waals surface area contributed by atoms with E-state index < -0.39 is 16.1 Å². The molecular weight excluding hydrogens is 384 g/mol. The summed E-state index contributed by atoms with van der Waals surface area (Å²) in [5, 5.41) is 3.06. The highest BCUT2D eigenvalue weighted by atomic mass is 32.2. The lowest BCUT2D eigenvalue weighted by Crippen LogP contribution is -2.50.